The summed E-state index contributed by atoms with van der Waals surface area (Å²) < 4.78 is 23.7. The van der Waals surface area contributed by atoms with Crippen LogP contribution in [-0.2, 0) is 23.7 Å². The molecule has 0 bridgehead atoms. The average Bonchev–Trinajstić information content (AvgIpc) is 3.40. The quantitative estimate of drug-likeness (QED) is 0.135. The molecule has 2 saturated heterocycles. The number of fused-ring (bicyclic) bond motifs is 5. The van der Waals surface area contributed by atoms with Crippen LogP contribution in [0.5, 0.6) is 0 Å². The van der Waals surface area contributed by atoms with Crippen LogP contribution in [0, 0.1) is 45.3 Å². The molecule has 57 heavy (non-hydrogen) atoms. The standard InChI is InChI=1S/C42H70O15/c1-19(9-11-28(39(4,5)53)57-37-34(52)32(50)30(48)25(18-44)55-37)20-13-14-40(6)35-23(45)15-22-21(42(35,8)26(46)16-41(20,40)7)10-12-27(38(22,2)3)56-36-33(51)31(49)29(47)24(17-43)54-36/h15,19-21,24-37,43-44,46-53H,9-14,16-18H2,1-8H3/t19-,20-,21-,24-,25-,26-,27+,28-,29-,30-,31+,32+,33-,34-,35+,36+,37+,40+,41-,42-/m1/s1. The van der Waals surface area contributed by atoms with Crippen LogP contribution in [0.25, 0.3) is 0 Å². The maximum Gasteiger partial charge on any atom is 0.187 e. The maximum atomic E-state index is 14.7. The molecule has 0 unspecified atom stereocenters. The van der Waals surface area contributed by atoms with Crippen molar-refractivity contribution in [3.63, 3.8) is 0 Å². The van der Waals surface area contributed by atoms with Crippen LogP contribution < -0.4 is 0 Å². The van der Waals surface area contributed by atoms with Gasteiger partial charge in [-0.25, -0.2) is 0 Å². The number of ketones is 1. The molecule has 10 N–H and O–H groups in total. The molecule has 6 rings (SSSR count). The van der Waals surface area contributed by atoms with Crippen LogP contribution in [-0.4, -0.2) is 155 Å². The van der Waals surface area contributed by atoms with Crippen molar-refractivity contribution in [2.45, 2.75) is 186 Å². The third kappa shape index (κ3) is 7.30. The zero-order valence-corrected chi connectivity index (χ0v) is 34.8. The Labute approximate surface area is 336 Å². The zero-order chi connectivity index (χ0) is 42.4. The second kappa shape index (κ2) is 16.0. The van der Waals surface area contributed by atoms with Gasteiger partial charge >= 0.3 is 0 Å². The Hall–Kier alpha value is -1.15. The number of allylic oxidation sites excluding steroid dienone is 1. The highest BCUT2D eigenvalue weighted by atomic mass is 16.7. The number of carbonyl (C=O) groups is 1. The van der Waals surface area contributed by atoms with Crippen molar-refractivity contribution in [3.8, 4) is 0 Å². The fourth-order valence-corrected chi connectivity index (χ4v) is 12.6. The van der Waals surface area contributed by atoms with Gasteiger partial charge < -0.3 is 70.0 Å². The third-order valence-electron chi connectivity index (χ3n) is 16.3. The number of hydrogen-bond acceptors (Lipinski definition) is 15. The molecular weight excluding hydrogens is 744 g/mol. The van der Waals surface area contributed by atoms with Gasteiger partial charge in [0.1, 0.15) is 48.8 Å². The van der Waals surface area contributed by atoms with Gasteiger partial charge in [0, 0.05) is 16.7 Å². The Balaban J connectivity index is 1.20. The van der Waals surface area contributed by atoms with E-state index in [1.54, 1.807) is 19.9 Å². The zero-order valence-electron chi connectivity index (χ0n) is 34.8. The van der Waals surface area contributed by atoms with Gasteiger partial charge in [-0.1, -0.05) is 47.1 Å². The summed E-state index contributed by atoms with van der Waals surface area (Å²) in [6.45, 7) is 14.6. The average molecular weight is 815 g/mol. The number of aliphatic hydroxyl groups is 10. The van der Waals surface area contributed by atoms with Crippen molar-refractivity contribution in [1.29, 1.82) is 0 Å². The molecular formula is C42H70O15. The van der Waals surface area contributed by atoms with E-state index >= 15 is 0 Å². The van der Waals surface area contributed by atoms with E-state index in [4.69, 9.17) is 18.9 Å². The summed E-state index contributed by atoms with van der Waals surface area (Å²) in [6, 6.07) is 0. The molecule has 0 spiro atoms. The summed E-state index contributed by atoms with van der Waals surface area (Å²) in [4.78, 5) is 14.7. The minimum atomic E-state index is -1.61. The number of rotatable bonds is 11. The topological polar surface area (TPSA) is 256 Å². The molecule has 0 amide bonds. The van der Waals surface area contributed by atoms with Gasteiger partial charge in [-0.15, -0.1) is 0 Å². The fourth-order valence-electron chi connectivity index (χ4n) is 12.6. The van der Waals surface area contributed by atoms with Gasteiger partial charge in [0.25, 0.3) is 0 Å². The second-order valence-electron chi connectivity index (χ2n) is 20.2. The van der Waals surface area contributed by atoms with Crippen LogP contribution in [0.2, 0.25) is 0 Å². The summed E-state index contributed by atoms with van der Waals surface area (Å²) >= 11 is 0. The highest BCUT2D eigenvalue weighted by molar-refractivity contribution is 5.95. The van der Waals surface area contributed by atoms with Crippen molar-refractivity contribution >= 4 is 5.78 Å². The lowest BCUT2D eigenvalue weighted by Crippen LogP contribution is -2.67. The van der Waals surface area contributed by atoms with E-state index < -0.39 is 126 Å². The molecule has 5 fully saturated rings. The van der Waals surface area contributed by atoms with Gasteiger partial charge in [-0.3, -0.25) is 4.79 Å². The van der Waals surface area contributed by atoms with Crippen molar-refractivity contribution in [2.75, 3.05) is 13.2 Å². The highest BCUT2D eigenvalue weighted by Crippen LogP contribution is 2.74. The van der Waals surface area contributed by atoms with Crippen molar-refractivity contribution in [2.24, 2.45) is 45.3 Å². The Morgan fingerprint density at radius 2 is 1.35 bits per heavy atom. The molecule has 20 atom stereocenters. The molecule has 328 valence electrons. The first-order valence-electron chi connectivity index (χ1n) is 21.0. The van der Waals surface area contributed by atoms with Crippen LogP contribution in [0.3, 0.4) is 0 Å². The molecule has 2 aliphatic heterocycles. The van der Waals surface area contributed by atoms with E-state index in [2.05, 4.69) is 27.7 Å². The van der Waals surface area contributed by atoms with Crippen molar-refractivity contribution < 1.29 is 74.8 Å². The van der Waals surface area contributed by atoms with Crippen LogP contribution in [0.4, 0.5) is 0 Å². The molecule has 3 saturated carbocycles. The van der Waals surface area contributed by atoms with Crippen molar-refractivity contribution in [1.82, 2.24) is 0 Å². The number of aliphatic hydroxyl groups excluding tert-OH is 9. The maximum absolute atomic E-state index is 14.7. The lowest BCUT2D eigenvalue weighted by Gasteiger charge is -2.66. The normalized spacial score (nSPS) is 49.7. The third-order valence-corrected chi connectivity index (χ3v) is 16.3. The SMILES string of the molecule is C[C@H](CC[C@@H](O[C@@H]1O[C@H](CO)[C@@H](O)[C@H](O)[C@H]1O)C(C)(C)O)[C@H]1CC[C@@]2(C)[C@@H]3C(=O)C=C4[C@@H](CC[C@H](O[C@@H]5O[C@H](CO)[C@@H](O)[C@H](O)[C@H]5O)C4(C)C)[C@]3(C)[C@H](O)C[C@]12C. The molecule has 0 aromatic carbocycles. The van der Waals surface area contributed by atoms with Crippen LogP contribution in [0.15, 0.2) is 11.6 Å². The Kier molecular flexibility index (Phi) is 12.7. The molecule has 4 aliphatic carbocycles. The first-order valence-corrected chi connectivity index (χ1v) is 21.0. The lowest BCUT2D eigenvalue weighted by atomic mass is 9.38. The van der Waals surface area contributed by atoms with Gasteiger partial charge in [0.2, 0.25) is 0 Å². The lowest BCUT2D eigenvalue weighted by molar-refractivity contribution is -0.322. The minimum Gasteiger partial charge on any atom is -0.394 e. The van der Waals surface area contributed by atoms with E-state index in [-0.39, 0.29) is 23.5 Å². The molecule has 2 heterocycles. The molecule has 6 aliphatic rings. The Morgan fingerprint density at radius 3 is 1.91 bits per heavy atom. The highest BCUT2D eigenvalue weighted by Gasteiger charge is 2.72. The summed E-state index contributed by atoms with van der Waals surface area (Å²) in [5, 5.41) is 106. The van der Waals surface area contributed by atoms with E-state index in [9.17, 15) is 55.9 Å². The van der Waals surface area contributed by atoms with E-state index in [1.165, 1.54) is 0 Å². The van der Waals surface area contributed by atoms with Gasteiger partial charge in [0.05, 0.1) is 37.1 Å². The van der Waals surface area contributed by atoms with Gasteiger partial charge in [0.15, 0.2) is 18.4 Å². The van der Waals surface area contributed by atoms with Gasteiger partial charge in [-0.2, -0.15) is 0 Å². The molecule has 0 radical (unpaired) electrons. The first-order chi connectivity index (χ1) is 26.4. The number of carbonyl (C=O) groups excluding carboxylic acids is 1. The molecule has 15 heteroatoms. The summed E-state index contributed by atoms with van der Waals surface area (Å²) in [7, 11) is 0. The molecule has 0 aromatic heterocycles. The fraction of sp³-hybridized carbons (Fsp3) is 0.929. The predicted molar refractivity (Wildman–Crippen MR) is 203 cm³/mol. The summed E-state index contributed by atoms with van der Waals surface area (Å²) in [6.07, 6.45) is -10.5. The molecule has 15 nitrogen and oxygen atoms in total. The van der Waals surface area contributed by atoms with Crippen molar-refractivity contribution in [3.05, 3.63) is 11.6 Å². The number of hydrogen-bond donors (Lipinski definition) is 10. The van der Waals surface area contributed by atoms with Crippen LogP contribution >= 0.6 is 0 Å². The first kappa shape index (κ1) is 45.4. The Bertz CT molecular complexity index is 1480. The monoisotopic (exact) mass is 814 g/mol. The summed E-state index contributed by atoms with van der Waals surface area (Å²) in [5.74, 6) is -0.419. The molecule has 0 aromatic rings. The van der Waals surface area contributed by atoms with E-state index in [0.717, 1.165) is 18.4 Å². The number of ether oxygens (including phenoxy) is 4. The Morgan fingerprint density at radius 1 is 0.789 bits per heavy atom. The minimum absolute atomic E-state index is 0.0267. The second-order valence-corrected chi connectivity index (χ2v) is 20.2. The van der Waals surface area contributed by atoms with E-state index in [0.29, 0.717) is 32.1 Å². The predicted octanol–water partition coefficient (Wildman–Crippen LogP) is 0.299. The summed E-state index contributed by atoms with van der Waals surface area (Å²) in [5.41, 5.74) is -2.87. The van der Waals surface area contributed by atoms with E-state index in [1.807, 2.05) is 13.8 Å². The van der Waals surface area contributed by atoms with Crippen LogP contribution in [0.1, 0.15) is 100 Å². The largest absolute Gasteiger partial charge is 0.394 e. The van der Waals surface area contributed by atoms with Gasteiger partial charge in [-0.05, 0) is 93.5 Å². The smallest absolute Gasteiger partial charge is 0.187 e.